The third kappa shape index (κ3) is 16.0. The van der Waals surface area contributed by atoms with Gasteiger partial charge in [0.2, 0.25) is 0 Å². The van der Waals surface area contributed by atoms with Crippen LogP contribution in [0.1, 0.15) is 33.6 Å². The van der Waals surface area contributed by atoms with Gasteiger partial charge in [0, 0.05) is 26.9 Å². The summed E-state index contributed by atoms with van der Waals surface area (Å²) in [7, 11) is 0. The van der Waals surface area contributed by atoms with Crippen molar-refractivity contribution in [1.82, 2.24) is 4.90 Å². The fraction of sp³-hybridized carbons (Fsp3) is 0.875. The van der Waals surface area contributed by atoms with Crippen molar-refractivity contribution in [1.29, 1.82) is 0 Å². The van der Waals surface area contributed by atoms with Gasteiger partial charge in [-0.3, -0.25) is 14.5 Å². The zero-order chi connectivity index (χ0) is 19.1. The van der Waals surface area contributed by atoms with Crippen LogP contribution in [0.25, 0.3) is 0 Å². The minimum atomic E-state index is -0.776. The molecule has 2 atom stereocenters. The third-order valence-corrected chi connectivity index (χ3v) is 3.08. The summed E-state index contributed by atoms with van der Waals surface area (Å²) < 4.78 is 19.4. The number of carbonyl (C=O) groups excluding carboxylic acids is 2. The zero-order valence-corrected chi connectivity index (χ0v) is 15.3. The molecule has 0 bridgehead atoms. The van der Waals surface area contributed by atoms with Crippen LogP contribution in [0.4, 0.5) is 0 Å². The van der Waals surface area contributed by atoms with E-state index in [0.29, 0.717) is 19.6 Å². The average Bonchev–Trinajstić information content (AvgIpc) is 2.53. The van der Waals surface area contributed by atoms with Crippen LogP contribution in [0.2, 0.25) is 0 Å². The number of nitrogens with zero attached hydrogens (tertiary/aromatic N) is 1. The monoisotopic (exact) mass is 365 g/mol. The molecule has 0 amide bonds. The summed E-state index contributed by atoms with van der Waals surface area (Å²) in [6.45, 7) is 5.57. The van der Waals surface area contributed by atoms with Crippen LogP contribution in [-0.2, 0) is 28.5 Å². The Balaban J connectivity index is 4.11. The minimum absolute atomic E-state index is 0.0228. The highest BCUT2D eigenvalue weighted by molar-refractivity contribution is 5.66. The van der Waals surface area contributed by atoms with Crippen molar-refractivity contribution >= 4 is 11.9 Å². The first-order valence-electron chi connectivity index (χ1n) is 8.35. The lowest BCUT2D eigenvalue weighted by molar-refractivity contribution is -0.156. The van der Waals surface area contributed by atoms with Crippen molar-refractivity contribution in [2.75, 3.05) is 46.4 Å². The molecule has 148 valence electrons. The molecule has 0 saturated heterocycles. The molecule has 0 spiro atoms. The van der Waals surface area contributed by atoms with Crippen molar-refractivity contribution in [2.24, 2.45) is 0 Å². The Hall–Kier alpha value is -1.26. The summed E-state index contributed by atoms with van der Waals surface area (Å²) in [5.74, 6) is -0.896. The first-order chi connectivity index (χ1) is 11.8. The molecule has 25 heavy (non-hydrogen) atoms. The first kappa shape index (κ1) is 23.7. The molecule has 2 N–H and O–H groups in total. The molecule has 0 aliphatic heterocycles. The molecule has 0 aromatic rings. The highest BCUT2D eigenvalue weighted by Crippen LogP contribution is 2.01. The van der Waals surface area contributed by atoms with Crippen molar-refractivity contribution in [3.63, 3.8) is 0 Å². The molecule has 2 unspecified atom stereocenters. The molecule has 0 aliphatic carbocycles. The Morgan fingerprint density at radius 2 is 1.36 bits per heavy atom. The van der Waals surface area contributed by atoms with Gasteiger partial charge in [-0.15, -0.1) is 0 Å². The molecule has 0 aromatic carbocycles. The smallest absolute Gasteiger partial charge is 0.304 e. The van der Waals surface area contributed by atoms with Crippen LogP contribution >= 0.6 is 0 Å². The van der Waals surface area contributed by atoms with Gasteiger partial charge < -0.3 is 29.2 Å². The molecule has 0 radical (unpaired) electrons. The van der Waals surface area contributed by atoms with Gasteiger partial charge in [-0.2, -0.15) is 0 Å². The molecule has 9 heteroatoms. The Morgan fingerprint density at radius 3 is 1.72 bits per heavy atom. The van der Waals surface area contributed by atoms with E-state index in [4.69, 9.17) is 9.47 Å². The SMILES string of the molecule is CCCCN(CC(O)COCOC(C)=O)CC(O)COCOC(C)=O. The second-order valence-electron chi connectivity index (χ2n) is 5.67. The number of ether oxygens (including phenoxy) is 4. The van der Waals surface area contributed by atoms with E-state index < -0.39 is 24.1 Å². The molecule has 0 fully saturated rings. The number of aliphatic hydroxyl groups excluding tert-OH is 2. The lowest BCUT2D eigenvalue weighted by Crippen LogP contribution is -2.41. The van der Waals surface area contributed by atoms with Gasteiger partial charge in [-0.05, 0) is 13.0 Å². The normalized spacial score (nSPS) is 13.5. The predicted molar refractivity (Wildman–Crippen MR) is 88.5 cm³/mol. The van der Waals surface area contributed by atoms with E-state index in [9.17, 15) is 19.8 Å². The maximum atomic E-state index is 10.6. The highest BCUT2D eigenvalue weighted by Gasteiger charge is 2.16. The Labute approximate surface area is 148 Å². The van der Waals surface area contributed by atoms with Gasteiger partial charge in [0.1, 0.15) is 0 Å². The van der Waals surface area contributed by atoms with E-state index >= 15 is 0 Å². The van der Waals surface area contributed by atoms with Gasteiger partial charge in [0.05, 0.1) is 25.4 Å². The first-order valence-corrected chi connectivity index (χ1v) is 8.35. The number of carbonyl (C=O) groups is 2. The lowest BCUT2D eigenvalue weighted by atomic mass is 10.2. The highest BCUT2D eigenvalue weighted by atomic mass is 16.7. The van der Waals surface area contributed by atoms with Crippen LogP contribution in [-0.4, -0.2) is 85.7 Å². The molecule has 0 aliphatic rings. The molecule has 0 heterocycles. The number of rotatable bonds is 15. The lowest BCUT2D eigenvalue weighted by Gasteiger charge is -2.27. The fourth-order valence-electron chi connectivity index (χ4n) is 1.96. The molecule has 0 rings (SSSR count). The van der Waals surface area contributed by atoms with E-state index in [0.717, 1.165) is 12.8 Å². The topological polar surface area (TPSA) is 115 Å². The Morgan fingerprint density at radius 1 is 0.920 bits per heavy atom. The average molecular weight is 365 g/mol. The van der Waals surface area contributed by atoms with E-state index in [1.54, 1.807) is 0 Å². The Kier molecular flexibility index (Phi) is 14.3. The second kappa shape index (κ2) is 15.0. The summed E-state index contributed by atoms with van der Waals surface area (Å²) in [6, 6.07) is 0. The molecule has 9 nitrogen and oxygen atoms in total. The summed E-state index contributed by atoms with van der Waals surface area (Å²) >= 11 is 0. The maximum Gasteiger partial charge on any atom is 0.304 e. The fourth-order valence-corrected chi connectivity index (χ4v) is 1.96. The number of esters is 2. The second-order valence-corrected chi connectivity index (χ2v) is 5.67. The van der Waals surface area contributed by atoms with Crippen molar-refractivity contribution in [3.05, 3.63) is 0 Å². The van der Waals surface area contributed by atoms with Gasteiger partial charge in [0.25, 0.3) is 0 Å². The summed E-state index contributed by atoms with van der Waals surface area (Å²) in [5, 5.41) is 20.0. The minimum Gasteiger partial charge on any atom is -0.439 e. The Bertz CT molecular complexity index is 336. The predicted octanol–water partition coefficient (Wildman–Crippen LogP) is -0.115. The van der Waals surface area contributed by atoms with Crippen LogP contribution in [0.3, 0.4) is 0 Å². The molecule has 0 saturated carbocycles. The summed E-state index contributed by atoms with van der Waals surface area (Å²) in [6.07, 6.45) is 0.347. The van der Waals surface area contributed by atoms with Crippen LogP contribution in [0.15, 0.2) is 0 Å². The molecule has 0 aromatic heterocycles. The van der Waals surface area contributed by atoms with Gasteiger partial charge in [-0.25, -0.2) is 0 Å². The van der Waals surface area contributed by atoms with Crippen molar-refractivity contribution in [3.8, 4) is 0 Å². The van der Waals surface area contributed by atoms with E-state index in [2.05, 4.69) is 16.4 Å². The van der Waals surface area contributed by atoms with Crippen molar-refractivity contribution in [2.45, 2.75) is 45.8 Å². The van der Waals surface area contributed by atoms with Crippen LogP contribution < -0.4 is 0 Å². The van der Waals surface area contributed by atoms with E-state index in [1.165, 1.54) is 13.8 Å². The number of unbranched alkanes of at least 4 members (excludes halogenated alkanes) is 1. The van der Waals surface area contributed by atoms with Crippen LogP contribution in [0.5, 0.6) is 0 Å². The van der Waals surface area contributed by atoms with E-state index in [1.807, 2.05) is 4.90 Å². The van der Waals surface area contributed by atoms with Gasteiger partial charge >= 0.3 is 11.9 Å². The quantitative estimate of drug-likeness (QED) is 0.233. The third-order valence-electron chi connectivity index (χ3n) is 3.08. The van der Waals surface area contributed by atoms with E-state index in [-0.39, 0.29) is 26.8 Å². The van der Waals surface area contributed by atoms with Gasteiger partial charge in [0.15, 0.2) is 13.6 Å². The number of hydrogen-bond donors (Lipinski definition) is 2. The van der Waals surface area contributed by atoms with Crippen LogP contribution in [0, 0.1) is 0 Å². The van der Waals surface area contributed by atoms with Gasteiger partial charge in [-0.1, -0.05) is 13.3 Å². The molecular weight excluding hydrogens is 334 g/mol. The molecular formula is C16H31NO8. The number of hydrogen-bond acceptors (Lipinski definition) is 9. The standard InChI is InChI=1S/C16H31NO8/c1-4-5-6-17(7-15(20)9-22-11-24-13(2)18)8-16(21)10-23-12-25-14(3)19/h15-16,20-21H,4-12H2,1-3H3. The number of aliphatic hydroxyl groups is 2. The maximum absolute atomic E-state index is 10.6. The summed E-state index contributed by atoms with van der Waals surface area (Å²) in [4.78, 5) is 23.1. The summed E-state index contributed by atoms with van der Waals surface area (Å²) in [5.41, 5.74) is 0. The largest absolute Gasteiger partial charge is 0.439 e. The van der Waals surface area contributed by atoms with Crippen molar-refractivity contribution < 1.29 is 38.7 Å². The zero-order valence-electron chi connectivity index (χ0n) is 15.3.